The number of nitrogens with one attached hydrogen (secondary N) is 2. The minimum atomic E-state index is -0.512. The van der Waals surface area contributed by atoms with Crippen molar-refractivity contribution in [2.75, 3.05) is 40.3 Å². The summed E-state index contributed by atoms with van der Waals surface area (Å²) in [6.45, 7) is 9.72. The summed E-state index contributed by atoms with van der Waals surface area (Å²) in [4.78, 5) is 29.6. The molecule has 1 rings (SSSR count). The first-order valence-corrected chi connectivity index (χ1v) is 8.18. The van der Waals surface area contributed by atoms with Crippen molar-refractivity contribution in [2.45, 2.75) is 33.3 Å². The van der Waals surface area contributed by atoms with Crippen LogP contribution in [-0.2, 0) is 14.3 Å². The van der Waals surface area contributed by atoms with Gasteiger partial charge in [-0.25, -0.2) is 4.79 Å². The molecule has 8 heteroatoms. The molecule has 1 fully saturated rings. The minimum Gasteiger partial charge on any atom is -0.469 e. The molecule has 1 amide bonds. The molecule has 24 heavy (non-hydrogen) atoms. The van der Waals surface area contributed by atoms with Crippen molar-refractivity contribution in [3.05, 3.63) is 0 Å². The number of hydrogen-bond donors (Lipinski definition) is 2. The topological polar surface area (TPSA) is 92.3 Å². The SMILES string of the molecule is CN=C(NCCNC(=O)OC(C)(C)C)N1CC(C)C(C(=O)OC)C1. The zero-order chi connectivity index (χ0) is 18.3. The quantitative estimate of drug-likeness (QED) is 0.340. The highest BCUT2D eigenvalue weighted by Gasteiger charge is 2.36. The van der Waals surface area contributed by atoms with Crippen LogP contribution in [0.3, 0.4) is 0 Å². The van der Waals surface area contributed by atoms with Gasteiger partial charge in [-0.1, -0.05) is 6.92 Å². The molecule has 0 aromatic carbocycles. The van der Waals surface area contributed by atoms with E-state index in [9.17, 15) is 9.59 Å². The first-order valence-electron chi connectivity index (χ1n) is 8.18. The molecule has 0 bridgehead atoms. The van der Waals surface area contributed by atoms with Crippen molar-refractivity contribution >= 4 is 18.0 Å². The Morgan fingerprint density at radius 1 is 1.21 bits per heavy atom. The number of hydrogen-bond acceptors (Lipinski definition) is 5. The van der Waals surface area contributed by atoms with Crippen LogP contribution in [-0.4, -0.2) is 68.9 Å². The van der Waals surface area contributed by atoms with E-state index >= 15 is 0 Å². The molecule has 2 atom stereocenters. The summed E-state index contributed by atoms with van der Waals surface area (Å²) >= 11 is 0. The lowest BCUT2D eigenvalue weighted by molar-refractivity contribution is -0.145. The standard InChI is InChI=1S/C16H30N4O4/c1-11-9-20(10-12(11)13(21)23-6)14(17-5)18-7-8-19-15(22)24-16(2,3)4/h11-12H,7-10H2,1-6H3,(H,17,18)(H,19,22). The molecular formula is C16H30N4O4. The van der Waals surface area contributed by atoms with Crippen LogP contribution in [0.4, 0.5) is 4.79 Å². The van der Waals surface area contributed by atoms with E-state index in [-0.39, 0.29) is 17.8 Å². The van der Waals surface area contributed by atoms with Gasteiger partial charge in [-0.05, 0) is 26.7 Å². The van der Waals surface area contributed by atoms with E-state index in [1.165, 1.54) is 7.11 Å². The molecule has 0 saturated carbocycles. The second-order valence-electron chi connectivity index (χ2n) is 6.91. The van der Waals surface area contributed by atoms with Gasteiger partial charge in [-0.15, -0.1) is 0 Å². The summed E-state index contributed by atoms with van der Waals surface area (Å²) < 4.78 is 10.0. The summed E-state index contributed by atoms with van der Waals surface area (Å²) in [5, 5.41) is 5.86. The van der Waals surface area contributed by atoms with Crippen molar-refractivity contribution in [1.82, 2.24) is 15.5 Å². The zero-order valence-corrected chi connectivity index (χ0v) is 15.5. The number of rotatable bonds is 4. The number of carbonyl (C=O) groups excluding carboxylic acids is 2. The maximum Gasteiger partial charge on any atom is 0.407 e. The number of ether oxygens (including phenoxy) is 2. The maximum atomic E-state index is 11.8. The normalized spacial score (nSPS) is 21.4. The summed E-state index contributed by atoms with van der Waals surface area (Å²) in [5.74, 6) is 0.579. The largest absolute Gasteiger partial charge is 0.469 e. The fourth-order valence-electron chi connectivity index (χ4n) is 2.58. The molecule has 0 aliphatic carbocycles. The van der Waals surface area contributed by atoms with Crippen LogP contribution in [0.2, 0.25) is 0 Å². The predicted molar refractivity (Wildman–Crippen MR) is 91.8 cm³/mol. The van der Waals surface area contributed by atoms with E-state index in [0.29, 0.717) is 25.6 Å². The summed E-state index contributed by atoms with van der Waals surface area (Å²) in [6.07, 6.45) is -0.445. The average Bonchev–Trinajstić information content (AvgIpc) is 2.86. The lowest BCUT2D eigenvalue weighted by Crippen LogP contribution is -2.44. The highest BCUT2D eigenvalue weighted by Crippen LogP contribution is 2.23. The van der Waals surface area contributed by atoms with E-state index in [1.807, 2.05) is 32.6 Å². The number of likely N-dealkylation sites (tertiary alicyclic amines) is 1. The number of nitrogens with zero attached hydrogens (tertiary/aromatic N) is 2. The molecule has 0 spiro atoms. The van der Waals surface area contributed by atoms with E-state index in [1.54, 1.807) is 7.05 Å². The van der Waals surface area contributed by atoms with Crippen molar-refractivity contribution < 1.29 is 19.1 Å². The summed E-state index contributed by atoms with van der Waals surface area (Å²) in [6, 6.07) is 0. The third-order valence-electron chi connectivity index (χ3n) is 3.70. The van der Waals surface area contributed by atoms with Gasteiger partial charge >= 0.3 is 12.1 Å². The van der Waals surface area contributed by atoms with Crippen molar-refractivity contribution in [1.29, 1.82) is 0 Å². The molecule has 0 aromatic rings. The molecule has 1 aliphatic rings. The Hall–Kier alpha value is -1.99. The Morgan fingerprint density at radius 2 is 1.83 bits per heavy atom. The van der Waals surface area contributed by atoms with Gasteiger partial charge in [0.15, 0.2) is 5.96 Å². The molecule has 2 unspecified atom stereocenters. The van der Waals surface area contributed by atoms with Gasteiger partial charge in [0.05, 0.1) is 13.0 Å². The average molecular weight is 342 g/mol. The molecule has 2 N–H and O–H groups in total. The third-order valence-corrected chi connectivity index (χ3v) is 3.70. The van der Waals surface area contributed by atoms with Crippen LogP contribution in [0, 0.1) is 11.8 Å². The Morgan fingerprint density at radius 3 is 2.38 bits per heavy atom. The van der Waals surface area contributed by atoms with Crippen LogP contribution in [0.1, 0.15) is 27.7 Å². The van der Waals surface area contributed by atoms with Gasteiger partial charge in [0, 0.05) is 33.2 Å². The molecule has 1 heterocycles. The zero-order valence-electron chi connectivity index (χ0n) is 15.5. The van der Waals surface area contributed by atoms with Gasteiger partial charge in [-0.3, -0.25) is 9.79 Å². The smallest absolute Gasteiger partial charge is 0.407 e. The van der Waals surface area contributed by atoms with E-state index in [4.69, 9.17) is 9.47 Å². The van der Waals surface area contributed by atoms with Crippen LogP contribution < -0.4 is 10.6 Å². The number of aliphatic imine (C=N–C) groups is 1. The summed E-state index contributed by atoms with van der Waals surface area (Å²) in [5.41, 5.74) is -0.512. The fourth-order valence-corrected chi connectivity index (χ4v) is 2.58. The molecule has 0 aromatic heterocycles. The monoisotopic (exact) mass is 342 g/mol. The van der Waals surface area contributed by atoms with Gasteiger partial charge in [0.1, 0.15) is 5.60 Å². The third kappa shape index (κ3) is 6.25. The lowest BCUT2D eigenvalue weighted by atomic mass is 9.99. The molecule has 138 valence electrons. The van der Waals surface area contributed by atoms with Crippen LogP contribution in [0.5, 0.6) is 0 Å². The van der Waals surface area contributed by atoms with Gasteiger partial charge < -0.3 is 25.0 Å². The van der Waals surface area contributed by atoms with Crippen molar-refractivity contribution in [2.24, 2.45) is 16.8 Å². The van der Waals surface area contributed by atoms with Crippen LogP contribution >= 0.6 is 0 Å². The Balaban J connectivity index is 2.39. The predicted octanol–water partition coefficient (Wildman–Crippen LogP) is 0.827. The second kappa shape index (κ2) is 8.75. The highest BCUT2D eigenvalue weighted by atomic mass is 16.6. The highest BCUT2D eigenvalue weighted by molar-refractivity contribution is 5.82. The van der Waals surface area contributed by atoms with Crippen LogP contribution in [0.25, 0.3) is 0 Å². The van der Waals surface area contributed by atoms with Crippen LogP contribution in [0.15, 0.2) is 4.99 Å². The van der Waals surface area contributed by atoms with Gasteiger partial charge in [0.25, 0.3) is 0 Å². The van der Waals surface area contributed by atoms with E-state index < -0.39 is 11.7 Å². The number of amides is 1. The number of guanidine groups is 1. The molecule has 0 radical (unpaired) electrons. The first-order chi connectivity index (χ1) is 11.2. The first kappa shape index (κ1) is 20.1. The number of esters is 1. The lowest BCUT2D eigenvalue weighted by Gasteiger charge is -2.22. The number of alkyl carbamates (subject to hydrolysis) is 1. The molecule has 1 aliphatic heterocycles. The Bertz CT molecular complexity index is 473. The number of carbonyl (C=O) groups is 2. The van der Waals surface area contributed by atoms with E-state index in [2.05, 4.69) is 15.6 Å². The summed E-state index contributed by atoms with van der Waals surface area (Å²) in [7, 11) is 3.10. The Kier molecular flexibility index (Phi) is 7.31. The van der Waals surface area contributed by atoms with Crippen molar-refractivity contribution in [3.63, 3.8) is 0 Å². The second-order valence-corrected chi connectivity index (χ2v) is 6.91. The molecular weight excluding hydrogens is 312 g/mol. The van der Waals surface area contributed by atoms with E-state index in [0.717, 1.165) is 6.54 Å². The Labute approximate surface area is 144 Å². The van der Waals surface area contributed by atoms with Gasteiger partial charge in [-0.2, -0.15) is 0 Å². The fraction of sp³-hybridized carbons (Fsp3) is 0.812. The van der Waals surface area contributed by atoms with Gasteiger partial charge in [0.2, 0.25) is 0 Å². The maximum absolute atomic E-state index is 11.8. The number of methoxy groups -OCH3 is 1. The molecule has 8 nitrogen and oxygen atoms in total. The van der Waals surface area contributed by atoms with Crippen molar-refractivity contribution in [3.8, 4) is 0 Å². The molecule has 1 saturated heterocycles. The minimum absolute atomic E-state index is 0.145.